The molecule has 2 aromatic carbocycles. The first kappa shape index (κ1) is 20.6. The molecule has 0 unspecified atom stereocenters. The average molecular weight is 408 g/mol. The zero-order chi connectivity index (χ0) is 21.3. The summed E-state index contributed by atoms with van der Waals surface area (Å²) in [5.41, 5.74) is 3.11. The fourth-order valence-corrected chi connectivity index (χ4v) is 4.32. The van der Waals surface area contributed by atoms with E-state index < -0.39 is 17.7 Å². The Bertz CT molecular complexity index is 942. The molecule has 1 heterocycles. The number of hydrogen-bond acceptors (Lipinski definition) is 4. The molecule has 2 N–H and O–H groups in total. The molecule has 2 aromatic rings. The number of aliphatic hydroxyl groups excluding tert-OH is 1. The summed E-state index contributed by atoms with van der Waals surface area (Å²) in [4.78, 5) is 26.6. The summed E-state index contributed by atoms with van der Waals surface area (Å²) in [6.07, 6.45) is 1.97. The van der Waals surface area contributed by atoms with Gasteiger partial charge in [0.2, 0.25) is 0 Å². The lowest BCUT2D eigenvalue weighted by Crippen LogP contribution is -2.42. The second-order valence-corrected chi connectivity index (χ2v) is 8.40. The summed E-state index contributed by atoms with van der Waals surface area (Å²) in [5, 5.41) is 13.3. The molecule has 0 aromatic heterocycles. The minimum atomic E-state index is -1.13. The molecule has 0 saturated carbocycles. The Kier molecular flexibility index (Phi) is 5.62. The van der Waals surface area contributed by atoms with E-state index in [1.54, 1.807) is 6.92 Å². The fraction of sp³-hybridized carbons (Fsp3) is 0.417. The molecular weight excluding hydrogens is 380 g/mol. The van der Waals surface area contributed by atoms with Crippen LogP contribution < -0.4 is 5.32 Å². The summed E-state index contributed by atoms with van der Waals surface area (Å²) in [5.74, 6) is -0.363. The number of aryl methyl sites for hydroxylation is 2. The fourth-order valence-electron chi connectivity index (χ4n) is 4.32. The molecule has 1 aliphatic carbocycles. The lowest BCUT2D eigenvalue weighted by Gasteiger charge is -2.27. The van der Waals surface area contributed by atoms with Crippen molar-refractivity contribution in [2.24, 2.45) is 0 Å². The van der Waals surface area contributed by atoms with Crippen LogP contribution >= 0.6 is 0 Å². The van der Waals surface area contributed by atoms with Gasteiger partial charge in [0, 0.05) is 0 Å². The van der Waals surface area contributed by atoms with Crippen LogP contribution in [0.5, 0.6) is 0 Å². The largest absolute Gasteiger partial charge is 0.389 e. The second-order valence-electron chi connectivity index (χ2n) is 8.40. The predicted molar refractivity (Wildman–Crippen MR) is 113 cm³/mol. The van der Waals surface area contributed by atoms with Gasteiger partial charge < -0.3 is 15.2 Å². The van der Waals surface area contributed by atoms with Crippen molar-refractivity contribution in [1.29, 1.82) is 0 Å². The van der Waals surface area contributed by atoms with Crippen molar-refractivity contribution in [2.75, 3.05) is 13.2 Å². The number of rotatable bonds is 6. The van der Waals surface area contributed by atoms with Gasteiger partial charge in [0.15, 0.2) is 0 Å². The monoisotopic (exact) mass is 408 g/mol. The molecule has 2 aliphatic rings. The van der Waals surface area contributed by atoms with Crippen LogP contribution in [0.1, 0.15) is 48.1 Å². The first-order chi connectivity index (χ1) is 14.4. The van der Waals surface area contributed by atoms with Gasteiger partial charge in [0.05, 0.1) is 25.4 Å². The Hall–Kier alpha value is -2.70. The SMILES string of the molecule is Cc1ccc([C@]2(C)NC(=O)N(C[C@H](O)CO[C@@H]3CCCc4ccccc43)C2=O)cc1. The summed E-state index contributed by atoms with van der Waals surface area (Å²) >= 11 is 0. The highest BCUT2D eigenvalue weighted by Gasteiger charge is 2.49. The molecule has 158 valence electrons. The molecule has 1 aliphatic heterocycles. The zero-order valence-corrected chi connectivity index (χ0v) is 17.4. The number of imide groups is 1. The molecule has 4 rings (SSSR count). The maximum atomic E-state index is 13.0. The molecular formula is C24H28N2O4. The highest BCUT2D eigenvalue weighted by molar-refractivity contribution is 6.07. The molecule has 1 fully saturated rings. The van der Waals surface area contributed by atoms with Gasteiger partial charge >= 0.3 is 6.03 Å². The Balaban J connectivity index is 1.39. The third-order valence-corrected chi connectivity index (χ3v) is 6.10. The van der Waals surface area contributed by atoms with Crippen molar-refractivity contribution < 1.29 is 19.4 Å². The van der Waals surface area contributed by atoms with Crippen LogP contribution in [0.15, 0.2) is 48.5 Å². The number of hydrogen-bond donors (Lipinski definition) is 2. The number of nitrogens with zero attached hydrogens (tertiary/aromatic N) is 1. The van der Waals surface area contributed by atoms with E-state index in [1.165, 1.54) is 5.56 Å². The van der Waals surface area contributed by atoms with E-state index in [4.69, 9.17) is 4.74 Å². The van der Waals surface area contributed by atoms with Gasteiger partial charge in [-0.05, 0) is 49.8 Å². The number of amides is 3. The van der Waals surface area contributed by atoms with Crippen LogP contribution in [0.3, 0.4) is 0 Å². The Morgan fingerprint density at radius 2 is 1.93 bits per heavy atom. The van der Waals surface area contributed by atoms with Gasteiger partial charge in [-0.2, -0.15) is 0 Å². The highest BCUT2D eigenvalue weighted by Crippen LogP contribution is 2.33. The van der Waals surface area contributed by atoms with Crippen LogP contribution in [0.25, 0.3) is 0 Å². The van der Waals surface area contributed by atoms with Crippen LogP contribution in [0.4, 0.5) is 4.79 Å². The first-order valence-electron chi connectivity index (χ1n) is 10.5. The molecule has 1 saturated heterocycles. The second kappa shape index (κ2) is 8.20. The Morgan fingerprint density at radius 1 is 1.20 bits per heavy atom. The van der Waals surface area contributed by atoms with Crippen molar-refractivity contribution in [3.8, 4) is 0 Å². The van der Waals surface area contributed by atoms with Gasteiger partial charge in [-0.1, -0.05) is 54.1 Å². The van der Waals surface area contributed by atoms with E-state index in [9.17, 15) is 14.7 Å². The van der Waals surface area contributed by atoms with Crippen LogP contribution in [0.2, 0.25) is 0 Å². The number of nitrogens with one attached hydrogen (secondary N) is 1. The summed E-state index contributed by atoms with van der Waals surface area (Å²) in [6, 6.07) is 15.2. The molecule has 6 heteroatoms. The Morgan fingerprint density at radius 3 is 2.70 bits per heavy atom. The van der Waals surface area contributed by atoms with Crippen molar-refractivity contribution in [1.82, 2.24) is 10.2 Å². The zero-order valence-electron chi connectivity index (χ0n) is 17.4. The normalized spacial score (nSPS) is 24.5. The average Bonchev–Trinajstić information content (AvgIpc) is 2.96. The number of fused-ring (bicyclic) bond motifs is 1. The summed E-state index contributed by atoms with van der Waals surface area (Å²) < 4.78 is 5.98. The minimum absolute atomic E-state index is 0.0643. The van der Waals surface area contributed by atoms with Crippen LogP contribution in [-0.2, 0) is 21.5 Å². The van der Waals surface area contributed by atoms with Crippen LogP contribution in [0, 0.1) is 6.92 Å². The highest BCUT2D eigenvalue weighted by atomic mass is 16.5. The number of urea groups is 1. The van der Waals surface area contributed by atoms with E-state index in [-0.39, 0.29) is 25.2 Å². The van der Waals surface area contributed by atoms with Crippen molar-refractivity contribution in [3.05, 3.63) is 70.8 Å². The van der Waals surface area contributed by atoms with E-state index in [0.717, 1.165) is 40.9 Å². The number of carbonyl (C=O) groups excluding carboxylic acids is 2. The van der Waals surface area contributed by atoms with Gasteiger partial charge in [0.25, 0.3) is 5.91 Å². The van der Waals surface area contributed by atoms with Gasteiger partial charge in [-0.25, -0.2) is 4.79 Å². The molecule has 0 bridgehead atoms. The van der Waals surface area contributed by atoms with E-state index in [2.05, 4.69) is 17.4 Å². The molecule has 30 heavy (non-hydrogen) atoms. The Labute approximate surface area is 176 Å². The van der Waals surface area contributed by atoms with E-state index in [0.29, 0.717) is 0 Å². The molecule has 6 nitrogen and oxygen atoms in total. The van der Waals surface area contributed by atoms with Crippen LogP contribution in [-0.4, -0.2) is 41.2 Å². The van der Waals surface area contributed by atoms with Gasteiger partial charge in [-0.15, -0.1) is 0 Å². The quantitative estimate of drug-likeness (QED) is 0.720. The van der Waals surface area contributed by atoms with E-state index >= 15 is 0 Å². The molecule has 3 amide bonds. The third-order valence-electron chi connectivity index (χ3n) is 6.10. The number of aliphatic hydroxyl groups is 1. The molecule has 0 radical (unpaired) electrons. The molecule has 0 spiro atoms. The summed E-state index contributed by atoms with van der Waals surface area (Å²) in [6.45, 7) is 3.63. The lowest BCUT2D eigenvalue weighted by atomic mass is 9.89. The van der Waals surface area contributed by atoms with Gasteiger partial charge in [0.1, 0.15) is 5.54 Å². The standard InChI is InChI=1S/C24H28N2O4/c1-16-10-12-18(13-11-16)24(2)22(28)26(23(29)25-24)14-19(27)15-30-21-9-5-7-17-6-3-4-8-20(17)21/h3-4,6,8,10-13,19,21,27H,5,7,9,14-15H2,1-2H3,(H,25,29)/t19-,21+,24-/m0/s1. The topological polar surface area (TPSA) is 78.9 Å². The number of carbonyl (C=O) groups is 2. The predicted octanol–water partition coefficient (Wildman–Crippen LogP) is 3.22. The molecule has 3 atom stereocenters. The maximum Gasteiger partial charge on any atom is 0.325 e. The van der Waals surface area contributed by atoms with Crippen molar-refractivity contribution in [2.45, 2.75) is 50.9 Å². The smallest absolute Gasteiger partial charge is 0.325 e. The third kappa shape index (κ3) is 3.85. The summed E-state index contributed by atoms with van der Waals surface area (Å²) in [7, 11) is 0. The van der Waals surface area contributed by atoms with Crippen molar-refractivity contribution >= 4 is 11.9 Å². The first-order valence-corrected chi connectivity index (χ1v) is 10.5. The van der Waals surface area contributed by atoms with E-state index in [1.807, 2.05) is 43.3 Å². The number of β-amino-alcohol motifs (C(OH)–C–C–N with tert-alkyl or cyclic N) is 1. The van der Waals surface area contributed by atoms with Crippen molar-refractivity contribution in [3.63, 3.8) is 0 Å². The lowest BCUT2D eigenvalue weighted by molar-refractivity contribution is -0.132. The number of ether oxygens (including phenoxy) is 1. The van der Waals surface area contributed by atoms with Gasteiger partial charge in [-0.3, -0.25) is 9.69 Å². The maximum absolute atomic E-state index is 13.0. The minimum Gasteiger partial charge on any atom is -0.389 e. The number of benzene rings is 2.